The first-order chi connectivity index (χ1) is 17.4. The molecular weight excluding hydrogens is 474 g/mol. The Bertz CT molecular complexity index is 1480. The van der Waals surface area contributed by atoms with Crippen molar-refractivity contribution in [3.63, 3.8) is 0 Å². The predicted octanol–water partition coefficient (Wildman–Crippen LogP) is 4.57. The van der Waals surface area contributed by atoms with Crippen LogP contribution in [0.3, 0.4) is 0 Å². The van der Waals surface area contributed by atoms with Crippen LogP contribution in [0.5, 0.6) is 5.75 Å². The normalized spacial score (nSPS) is 18.4. The SMILES string of the molecule is COc1cccc2c(N)nc(NCC3CCC(CNS(=O)(=O)c4cccc5ccccc45)CC3)nc12. The molecule has 1 heterocycles. The maximum atomic E-state index is 13.0. The van der Waals surface area contributed by atoms with Crippen molar-refractivity contribution in [2.45, 2.75) is 30.6 Å². The molecule has 0 bridgehead atoms. The number of nitrogens with two attached hydrogens (primary N) is 1. The summed E-state index contributed by atoms with van der Waals surface area (Å²) in [4.78, 5) is 9.35. The lowest BCUT2D eigenvalue weighted by atomic mass is 9.82. The van der Waals surface area contributed by atoms with E-state index in [0.717, 1.165) is 48.4 Å². The molecule has 1 fully saturated rings. The number of nitrogens with one attached hydrogen (secondary N) is 2. The van der Waals surface area contributed by atoms with E-state index in [0.29, 0.717) is 46.3 Å². The lowest BCUT2D eigenvalue weighted by Gasteiger charge is -2.28. The summed E-state index contributed by atoms with van der Waals surface area (Å²) >= 11 is 0. The van der Waals surface area contributed by atoms with Crippen molar-refractivity contribution >= 4 is 43.5 Å². The van der Waals surface area contributed by atoms with E-state index in [1.165, 1.54) is 0 Å². The zero-order valence-electron chi connectivity index (χ0n) is 20.3. The predicted molar refractivity (Wildman–Crippen MR) is 144 cm³/mol. The highest BCUT2D eigenvalue weighted by Gasteiger charge is 2.24. The molecule has 0 atom stereocenters. The van der Waals surface area contributed by atoms with Gasteiger partial charge in [-0.3, -0.25) is 0 Å². The van der Waals surface area contributed by atoms with Gasteiger partial charge in [0.2, 0.25) is 16.0 Å². The summed E-state index contributed by atoms with van der Waals surface area (Å²) in [5.41, 5.74) is 6.84. The van der Waals surface area contributed by atoms with Crippen LogP contribution in [-0.4, -0.2) is 38.6 Å². The molecule has 1 saturated carbocycles. The second-order valence-electron chi connectivity index (χ2n) is 9.39. The Labute approximate surface area is 211 Å². The minimum absolute atomic E-state index is 0.322. The first kappa shape index (κ1) is 24.3. The third-order valence-corrected chi connectivity index (χ3v) is 8.54. The minimum atomic E-state index is -3.57. The zero-order valence-corrected chi connectivity index (χ0v) is 21.1. The third-order valence-electron chi connectivity index (χ3n) is 7.06. The molecule has 0 saturated heterocycles. The van der Waals surface area contributed by atoms with Gasteiger partial charge in [-0.2, -0.15) is 4.98 Å². The van der Waals surface area contributed by atoms with Gasteiger partial charge in [-0.25, -0.2) is 18.1 Å². The molecule has 36 heavy (non-hydrogen) atoms. The summed E-state index contributed by atoms with van der Waals surface area (Å²) in [5, 5.41) is 5.78. The van der Waals surface area contributed by atoms with Crippen LogP contribution in [0.1, 0.15) is 25.7 Å². The van der Waals surface area contributed by atoms with E-state index >= 15 is 0 Å². The molecule has 0 aliphatic heterocycles. The van der Waals surface area contributed by atoms with Gasteiger partial charge in [-0.15, -0.1) is 0 Å². The molecule has 1 aliphatic carbocycles. The van der Waals surface area contributed by atoms with Gasteiger partial charge in [-0.1, -0.05) is 42.5 Å². The number of hydrogen-bond donors (Lipinski definition) is 3. The van der Waals surface area contributed by atoms with Crippen molar-refractivity contribution in [1.82, 2.24) is 14.7 Å². The van der Waals surface area contributed by atoms with Gasteiger partial charge in [0.05, 0.1) is 12.0 Å². The maximum absolute atomic E-state index is 13.0. The highest BCUT2D eigenvalue weighted by atomic mass is 32.2. The Kier molecular flexibility index (Phi) is 6.93. The number of hydrogen-bond acceptors (Lipinski definition) is 7. The topological polar surface area (TPSA) is 119 Å². The molecule has 8 nitrogen and oxygen atoms in total. The fourth-order valence-electron chi connectivity index (χ4n) is 5.00. The molecule has 9 heteroatoms. The lowest BCUT2D eigenvalue weighted by Crippen LogP contribution is -2.32. The van der Waals surface area contributed by atoms with Crippen molar-refractivity contribution in [3.8, 4) is 5.75 Å². The molecule has 188 valence electrons. The van der Waals surface area contributed by atoms with E-state index in [-0.39, 0.29) is 0 Å². The number of rotatable bonds is 8. The quantitative estimate of drug-likeness (QED) is 0.321. The van der Waals surface area contributed by atoms with Gasteiger partial charge < -0.3 is 15.8 Å². The second kappa shape index (κ2) is 10.3. The molecule has 3 aromatic carbocycles. The van der Waals surface area contributed by atoms with Crippen molar-refractivity contribution in [2.24, 2.45) is 11.8 Å². The average molecular weight is 506 g/mol. The molecule has 0 unspecified atom stereocenters. The van der Waals surface area contributed by atoms with E-state index in [1.54, 1.807) is 19.2 Å². The lowest BCUT2D eigenvalue weighted by molar-refractivity contribution is 0.284. The number of para-hydroxylation sites is 1. The number of aromatic nitrogens is 2. The van der Waals surface area contributed by atoms with Crippen LogP contribution in [0.15, 0.2) is 65.6 Å². The number of nitrogen functional groups attached to an aromatic ring is 1. The smallest absolute Gasteiger partial charge is 0.241 e. The maximum Gasteiger partial charge on any atom is 0.241 e. The van der Waals surface area contributed by atoms with Gasteiger partial charge in [0.25, 0.3) is 0 Å². The fourth-order valence-corrected chi connectivity index (χ4v) is 6.35. The average Bonchev–Trinajstić information content (AvgIpc) is 2.91. The Morgan fingerprint density at radius 1 is 0.889 bits per heavy atom. The molecule has 0 spiro atoms. The van der Waals surface area contributed by atoms with Crippen LogP contribution in [0.25, 0.3) is 21.7 Å². The Morgan fingerprint density at radius 2 is 1.56 bits per heavy atom. The monoisotopic (exact) mass is 505 g/mol. The molecule has 1 aliphatic rings. The number of methoxy groups -OCH3 is 1. The Morgan fingerprint density at radius 3 is 2.33 bits per heavy atom. The standard InChI is InChI=1S/C27H31N5O3S/c1-35-23-10-5-9-22-25(23)31-27(32-26(22)28)29-16-18-12-14-19(15-13-18)17-30-36(33,34)24-11-4-7-20-6-2-3-8-21(20)24/h2-11,18-19,30H,12-17H2,1H3,(H3,28,29,31,32). The molecule has 1 aromatic heterocycles. The van der Waals surface area contributed by atoms with E-state index in [4.69, 9.17) is 10.5 Å². The first-order valence-electron chi connectivity index (χ1n) is 12.3. The van der Waals surface area contributed by atoms with Gasteiger partial charge >= 0.3 is 0 Å². The van der Waals surface area contributed by atoms with E-state index in [1.807, 2.05) is 48.5 Å². The second-order valence-corrected chi connectivity index (χ2v) is 11.1. The fraction of sp³-hybridized carbons (Fsp3) is 0.333. The van der Waals surface area contributed by atoms with Crippen LogP contribution in [-0.2, 0) is 10.0 Å². The first-order valence-corrected chi connectivity index (χ1v) is 13.7. The van der Waals surface area contributed by atoms with E-state index < -0.39 is 10.0 Å². The van der Waals surface area contributed by atoms with Gasteiger partial charge in [-0.05, 0) is 61.1 Å². The van der Waals surface area contributed by atoms with Gasteiger partial charge in [0.15, 0.2) is 0 Å². The van der Waals surface area contributed by atoms with E-state index in [9.17, 15) is 8.42 Å². The summed E-state index contributed by atoms with van der Waals surface area (Å²) in [6.07, 6.45) is 3.97. The summed E-state index contributed by atoms with van der Waals surface area (Å²) in [5.74, 6) is 2.37. The van der Waals surface area contributed by atoms with Gasteiger partial charge in [0.1, 0.15) is 17.1 Å². The van der Waals surface area contributed by atoms with Crippen molar-refractivity contribution in [1.29, 1.82) is 0 Å². The third kappa shape index (κ3) is 5.08. The minimum Gasteiger partial charge on any atom is -0.494 e. The number of fused-ring (bicyclic) bond motifs is 2. The molecule has 5 rings (SSSR count). The zero-order chi connectivity index (χ0) is 25.1. The highest BCUT2D eigenvalue weighted by Crippen LogP contribution is 2.31. The number of nitrogens with zero attached hydrogens (tertiary/aromatic N) is 2. The summed E-state index contributed by atoms with van der Waals surface area (Å²) < 4.78 is 34.3. The largest absolute Gasteiger partial charge is 0.494 e. The van der Waals surface area contributed by atoms with Crippen molar-refractivity contribution < 1.29 is 13.2 Å². The molecule has 4 aromatic rings. The number of ether oxygens (including phenoxy) is 1. The van der Waals surface area contributed by atoms with Crippen LogP contribution in [0, 0.1) is 11.8 Å². The molecule has 4 N–H and O–H groups in total. The van der Waals surface area contributed by atoms with Crippen LogP contribution < -0.4 is 20.5 Å². The van der Waals surface area contributed by atoms with E-state index in [2.05, 4.69) is 20.0 Å². The summed E-state index contributed by atoms with van der Waals surface area (Å²) in [6.45, 7) is 1.20. The Balaban J connectivity index is 1.15. The Hall–Kier alpha value is -3.43. The van der Waals surface area contributed by atoms with Crippen LogP contribution >= 0.6 is 0 Å². The molecular formula is C27H31N5O3S. The van der Waals surface area contributed by atoms with Crippen molar-refractivity contribution in [3.05, 3.63) is 60.7 Å². The van der Waals surface area contributed by atoms with Gasteiger partial charge in [0, 0.05) is 23.9 Å². The number of anilines is 2. The summed E-state index contributed by atoms with van der Waals surface area (Å²) in [7, 11) is -1.96. The van der Waals surface area contributed by atoms with Crippen LogP contribution in [0.2, 0.25) is 0 Å². The van der Waals surface area contributed by atoms with Crippen LogP contribution in [0.4, 0.5) is 11.8 Å². The molecule has 0 amide bonds. The highest BCUT2D eigenvalue weighted by molar-refractivity contribution is 7.89. The number of sulfonamides is 1. The number of benzene rings is 3. The molecule has 0 radical (unpaired) electrons. The summed E-state index contributed by atoms with van der Waals surface area (Å²) in [6, 6.07) is 18.6. The van der Waals surface area contributed by atoms with Crippen molar-refractivity contribution in [2.75, 3.05) is 31.2 Å².